The predicted octanol–water partition coefficient (Wildman–Crippen LogP) is 2.65. The second-order valence-electron chi connectivity index (χ2n) is 6.29. The van der Waals surface area contributed by atoms with E-state index in [1.807, 2.05) is 25.2 Å². The second-order valence-corrected chi connectivity index (χ2v) is 8.43. The Hall–Kier alpha value is -1.60. The quantitative estimate of drug-likeness (QED) is 0.836. The van der Waals surface area contributed by atoms with Gasteiger partial charge in [-0.05, 0) is 48.2 Å². The largest absolute Gasteiger partial charge is 0.387 e. The molecule has 0 aliphatic carbocycles. The van der Waals surface area contributed by atoms with Gasteiger partial charge in [0.1, 0.15) is 0 Å². The number of rotatable bonds is 5. The van der Waals surface area contributed by atoms with Gasteiger partial charge in [0.25, 0.3) is 0 Å². The summed E-state index contributed by atoms with van der Waals surface area (Å²) in [6.45, 7) is 2.52. The van der Waals surface area contributed by atoms with Gasteiger partial charge in [0.2, 0.25) is 10.0 Å². The van der Waals surface area contributed by atoms with Gasteiger partial charge < -0.3 is 10.0 Å². The zero-order valence-electron chi connectivity index (χ0n) is 14.2. The summed E-state index contributed by atoms with van der Waals surface area (Å²) in [5.74, 6) is 0. The zero-order valence-corrected chi connectivity index (χ0v) is 15.7. The highest BCUT2D eigenvalue weighted by Gasteiger charge is 2.21. The number of fused-ring (bicyclic) bond motifs is 1. The third kappa shape index (κ3) is 3.67. The van der Waals surface area contributed by atoms with E-state index in [0.717, 1.165) is 18.7 Å². The molecular formula is C18H21ClN2O3S. The molecule has 5 nitrogen and oxygen atoms in total. The first kappa shape index (κ1) is 18.2. The molecule has 0 saturated carbocycles. The molecular weight excluding hydrogens is 360 g/mol. The fourth-order valence-corrected chi connectivity index (χ4v) is 4.59. The average Bonchev–Trinajstić information content (AvgIpc) is 2.95. The molecule has 0 unspecified atom stereocenters. The summed E-state index contributed by atoms with van der Waals surface area (Å²) in [4.78, 5) is 2.29. The summed E-state index contributed by atoms with van der Waals surface area (Å²) in [6, 6.07) is 10.5. The Morgan fingerprint density at radius 2 is 2.08 bits per heavy atom. The van der Waals surface area contributed by atoms with Crippen LogP contribution in [-0.2, 0) is 16.4 Å². The maximum atomic E-state index is 12.5. The highest BCUT2D eigenvalue weighted by molar-refractivity contribution is 7.89. The molecule has 0 amide bonds. The van der Waals surface area contributed by atoms with E-state index < -0.39 is 16.1 Å². The monoisotopic (exact) mass is 380 g/mol. The Kier molecular flexibility index (Phi) is 5.06. The van der Waals surface area contributed by atoms with E-state index in [1.54, 1.807) is 19.1 Å². The molecule has 0 spiro atoms. The van der Waals surface area contributed by atoms with Crippen molar-refractivity contribution in [2.24, 2.45) is 0 Å². The molecule has 1 aliphatic rings. The van der Waals surface area contributed by atoms with Crippen LogP contribution in [-0.4, -0.2) is 33.7 Å². The van der Waals surface area contributed by atoms with Gasteiger partial charge >= 0.3 is 0 Å². The minimum Gasteiger partial charge on any atom is -0.387 e. The molecule has 7 heteroatoms. The van der Waals surface area contributed by atoms with Gasteiger partial charge in [-0.3, -0.25) is 0 Å². The van der Waals surface area contributed by atoms with E-state index in [2.05, 4.69) is 9.62 Å². The summed E-state index contributed by atoms with van der Waals surface area (Å²) >= 11 is 6.00. The van der Waals surface area contributed by atoms with Crippen LogP contribution < -0.4 is 9.62 Å². The van der Waals surface area contributed by atoms with Crippen LogP contribution in [0.15, 0.2) is 41.3 Å². The van der Waals surface area contributed by atoms with Crippen LogP contribution in [0, 0.1) is 6.92 Å². The lowest BCUT2D eigenvalue weighted by Crippen LogP contribution is -2.29. The van der Waals surface area contributed by atoms with Crippen molar-refractivity contribution >= 4 is 27.3 Å². The highest BCUT2D eigenvalue weighted by atomic mass is 35.5. The third-order valence-corrected chi connectivity index (χ3v) is 6.57. The number of nitrogens with zero attached hydrogens (tertiary/aromatic N) is 1. The van der Waals surface area contributed by atoms with E-state index in [9.17, 15) is 13.5 Å². The molecule has 1 heterocycles. The standard InChI is InChI=1S/C18H21ClN2O3S/c1-12-15(19)4-3-5-18(12)25(23,24)20-11-17(22)14-6-7-16-13(10-14)8-9-21(16)2/h3-7,10,17,20,22H,8-9,11H2,1-2H3/t17-/m0/s1. The normalized spacial score (nSPS) is 15.3. The van der Waals surface area contributed by atoms with Crippen molar-refractivity contribution < 1.29 is 13.5 Å². The number of hydrogen-bond acceptors (Lipinski definition) is 4. The zero-order chi connectivity index (χ0) is 18.2. The molecule has 0 fully saturated rings. The minimum absolute atomic E-state index is 0.0943. The van der Waals surface area contributed by atoms with E-state index in [1.165, 1.54) is 11.6 Å². The van der Waals surface area contributed by atoms with E-state index in [0.29, 0.717) is 16.1 Å². The van der Waals surface area contributed by atoms with Crippen LogP contribution in [0.4, 0.5) is 5.69 Å². The molecule has 1 aliphatic heterocycles. The summed E-state index contributed by atoms with van der Waals surface area (Å²) < 4.78 is 27.4. The van der Waals surface area contributed by atoms with Crippen LogP contribution in [0.25, 0.3) is 0 Å². The van der Waals surface area contributed by atoms with Gasteiger partial charge in [0.15, 0.2) is 0 Å². The number of hydrogen-bond donors (Lipinski definition) is 2. The molecule has 2 aromatic carbocycles. The Morgan fingerprint density at radius 3 is 2.84 bits per heavy atom. The summed E-state index contributed by atoms with van der Waals surface area (Å²) in [7, 11) is -1.71. The predicted molar refractivity (Wildman–Crippen MR) is 99.8 cm³/mol. The number of aliphatic hydroxyl groups excluding tert-OH is 1. The lowest BCUT2D eigenvalue weighted by molar-refractivity contribution is 0.182. The van der Waals surface area contributed by atoms with E-state index in [4.69, 9.17) is 11.6 Å². The summed E-state index contributed by atoms with van der Waals surface area (Å²) in [5.41, 5.74) is 3.53. The third-order valence-electron chi connectivity index (χ3n) is 4.59. The van der Waals surface area contributed by atoms with Gasteiger partial charge in [0, 0.05) is 30.8 Å². The molecule has 2 aromatic rings. The molecule has 1 atom stereocenters. The number of halogens is 1. The Morgan fingerprint density at radius 1 is 1.32 bits per heavy atom. The van der Waals surface area contributed by atoms with Crippen LogP contribution >= 0.6 is 11.6 Å². The number of benzene rings is 2. The SMILES string of the molecule is Cc1c(Cl)cccc1S(=O)(=O)NC[C@H](O)c1ccc2c(c1)CCN2C. The maximum absolute atomic E-state index is 12.5. The van der Waals surface area contributed by atoms with Gasteiger partial charge in [-0.25, -0.2) is 13.1 Å². The van der Waals surface area contributed by atoms with E-state index >= 15 is 0 Å². The maximum Gasteiger partial charge on any atom is 0.240 e. The van der Waals surface area contributed by atoms with Crippen LogP contribution in [0.5, 0.6) is 0 Å². The number of anilines is 1. The summed E-state index contributed by atoms with van der Waals surface area (Å²) in [6.07, 6.45) is 0.0188. The van der Waals surface area contributed by atoms with Crippen molar-refractivity contribution in [1.29, 1.82) is 0 Å². The van der Waals surface area contributed by atoms with Crippen molar-refractivity contribution in [3.05, 3.63) is 58.1 Å². The Bertz CT molecular complexity index is 899. The fraction of sp³-hybridized carbons (Fsp3) is 0.333. The highest BCUT2D eigenvalue weighted by Crippen LogP contribution is 2.29. The first-order valence-corrected chi connectivity index (χ1v) is 9.92. The van der Waals surface area contributed by atoms with Crippen LogP contribution in [0.2, 0.25) is 5.02 Å². The van der Waals surface area contributed by atoms with E-state index in [-0.39, 0.29) is 11.4 Å². The average molecular weight is 381 g/mol. The van der Waals surface area contributed by atoms with Gasteiger partial charge in [-0.1, -0.05) is 29.8 Å². The van der Waals surface area contributed by atoms with Crippen molar-refractivity contribution in [3.63, 3.8) is 0 Å². The van der Waals surface area contributed by atoms with Gasteiger partial charge in [-0.2, -0.15) is 0 Å². The topological polar surface area (TPSA) is 69.6 Å². The van der Waals surface area contributed by atoms with Crippen molar-refractivity contribution in [2.75, 3.05) is 25.0 Å². The lowest BCUT2D eigenvalue weighted by Gasteiger charge is -2.16. The van der Waals surface area contributed by atoms with Crippen molar-refractivity contribution in [1.82, 2.24) is 4.72 Å². The van der Waals surface area contributed by atoms with Gasteiger partial charge in [0.05, 0.1) is 11.0 Å². The molecule has 0 aromatic heterocycles. The minimum atomic E-state index is -3.74. The second kappa shape index (κ2) is 6.96. The molecule has 2 N–H and O–H groups in total. The van der Waals surface area contributed by atoms with Crippen molar-refractivity contribution in [3.8, 4) is 0 Å². The smallest absolute Gasteiger partial charge is 0.240 e. The molecule has 0 radical (unpaired) electrons. The number of likely N-dealkylation sites (N-methyl/N-ethyl adjacent to an activating group) is 1. The molecule has 0 saturated heterocycles. The first-order chi connectivity index (χ1) is 11.8. The molecule has 3 rings (SSSR count). The number of aliphatic hydroxyl groups is 1. The Labute approximate surface area is 153 Å². The lowest BCUT2D eigenvalue weighted by atomic mass is 10.0. The summed E-state index contributed by atoms with van der Waals surface area (Å²) in [5, 5.41) is 10.8. The van der Waals surface area contributed by atoms with Crippen LogP contribution in [0.3, 0.4) is 0 Å². The molecule has 25 heavy (non-hydrogen) atoms. The van der Waals surface area contributed by atoms with Crippen molar-refractivity contribution in [2.45, 2.75) is 24.3 Å². The van der Waals surface area contributed by atoms with Crippen LogP contribution in [0.1, 0.15) is 22.8 Å². The fourth-order valence-electron chi connectivity index (χ4n) is 3.06. The first-order valence-electron chi connectivity index (χ1n) is 8.06. The Balaban J connectivity index is 1.74. The molecule has 0 bridgehead atoms. The molecule has 134 valence electrons. The number of nitrogens with one attached hydrogen (secondary N) is 1. The number of sulfonamides is 1. The van der Waals surface area contributed by atoms with Gasteiger partial charge in [-0.15, -0.1) is 0 Å².